The summed E-state index contributed by atoms with van der Waals surface area (Å²) in [6.07, 6.45) is 2.95. The molecule has 0 aliphatic heterocycles. The van der Waals surface area contributed by atoms with E-state index >= 15 is 0 Å². The molecule has 1 unspecified atom stereocenters. The average Bonchev–Trinajstić information content (AvgIpc) is 2.58. The summed E-state index contributed by atoms with van der Waals surface area (Å²) in [6.45, 7) is 5.22. The van der Waals surface area contributed by atoms with Gasteiger partial charge >= 0.3 is 0 Å². The van der Waals surface area contributed by atoms with E-state index in [2.05, 4.69) is 22.2 Å². The summed E-state index contributed by atoms with van der Waals surface area (Å²) >= 11 is 0. The molecule has 1 aromatic heterocycles. The Morgan fingerprint density at radius 3 is 2.72 bits per heavy atom. The summed E-state index contributed by atoms with van der Waals surface area (Å²) in [4.78, 5) is 15.8. The zero-order valence-electron chi connectivity index (χ0n) is 13.7. The number of rotatable bonds is 7. The number of carbonyl (C=O) groups excluding carboxylic acids is 1. The summed E-state index contributed by atoms with van der Waals surface area (Å²) in [5.41, 5.74) is -1.22. The third kappa shape index (κ3) is 4.84. The predicted octanol–water partition coefficient (Wildman–Crippen LogP) is 2.60. The number of aliphatic hydroxyl groups is 1. The molecule has 0 spiro atoms. The molecule has 1 amide bonds. The summed E-state index contributed by atoms with van der Waals surface area (Å²) in [5.74, 6) is -1.41. The van der Waals surface area contributed by atoms with Crippen LogP contribution in [-0.2, 0) is 5.60 Å². The topological polar surface area (TPSA) is 74.2 Å². The van der Waals surface area contributed by atoms with Crippen molar-refractivity contribution in [3.8, 4) is 0 Å². The highest BCUT2D eigenvalue weighted by Crippen LogP contribution is 2.24. The molecule has 2 rings (SSSR count). The fourth-order valence-corrected chi connectivity index (χ4v) is 2.18. The van der Waals surface area contributed by atoms with Crippen LogP contribution in [-0.4, -0.2) is 29.1 Å². The Balaban J connectivity index is 2.02. The molecule has 0 aliphatic carbocycles. The molecular weight excluding hydrogens is 328 g/mol. The van der Waals surface area contributed by atoms with Crippen LogP contribution in [0.1, 0.15) is 22.8 Å². The highest BCUT2D eigenvalue weighted by Gasteiger charge is 2.26. The fraction of sp³-hybridized carbons (Fsp3) is 0.222. The lowest BCUT2D eigenvalue weighted by Crippen LogP contribution is -2.32. The molecule has 132 valence electrons. The fourth-order valence-electron chi connectivity index (χ4n) is 2.18. The Morgan fingerprint density at radius 2 is 2.12 bits per heavy atom. The average molecular weight is 347 g/mol. The molecule has 7 heteroatoms. The third-order valence-electron chi connectivity index (χ3n) is 3.56. The van der Waals surface area contributed by atoms with Crippen molar-refractivity contribution in [2.24, 2.45) is 0 Å². The van der Waals surface area contributed by atoms with Crippen molar-refractivity contribution >= 4 is 11.7 Å². The lowest BCUT2D eigenvalue weighted by atomic mass is 9.95. The number of pyridine rings is 1. The number of hydrogen-bond acceptors (Lipinski definition) is 4. The van der Waals surface area contributed by atoms with Crippen LogP contribution in [0.15, 0.2) is 49.2 Å². The third-order valence-corrected chi connectivity index (χ3v) is 3.56. The van der Waals surface area contributed by atoms with E-state index in [0.717, 1.165) is 12.1 Å². The lowest BCUT2D eigenvalue weighted by Gasteiger charge is -2.25. The second kappa shape index (κ2) is 7.85. The van der Waals surface area contributed by atoms with E-state index in [9.17, 15) is 18.7 Å². The van der Waals surface area contributed by atoms with Crippen LogP contribution in [0.3, 0.4) is 0 Å². The van der Waals surface area contributed by atoms with Crippen LogP contribution < -0.4 is 10.6 Å². The number of nitrogens with one attached hydrogen (secondary N) is 2. The van der Waals surface area contributed by atoms with Gasteiger partial charge in [0.25, 0.3) is 5.91 Å². The van der Waals surface area contributed by atoms with Gasteiger partial charge in [0.1, 0.15) is 23.1 Å². The predicted molar refractivity (Wildman–Crippen MR) is 91.2 cm³/mol. The van der Waals surface area contributed by atoms with Crippen molar-refractivity contribution in [1.82, 2.24) is 10.3 Å². The van der Waals surface area contributed by atoms with E-state index < -0.39 is 17.2 Å². The summed E-state index contributed by atoms with van der Waals surface area (Å²) in [7, 11) is 0. The zero-order chi connectivity index (χ0) is 18.4. The molecule has 1 aromatic carbocycles. The van der Waals surface area contributed by atoms with Crippen LogP contribution in [0.4, 0.5) is 14.6 Å². The first-order valence-corrected chi connectivity index (χ1v) is 7.60. The monoisotopic (exact) mass is 347 g/mol. The van der Waals surface area contributed by atoms with E-state index in [1.54, 1.807) is 18.2 Å². The van der Waals surface area contributed by atoms with E-state index in [4.69, 9.17) is 0 Å². The maximum atomic E-state index is 13.8. The van der Waals surface area contributed by atoms with Crippen molar-refractivity contribution < 1.29 is 18.7 Å². The smallest absolute Gasteiger partial charge is 0.253 e. The summed E-state index contributed by atoms with van der Waals surface area (Å²) in [5, 5.41) is 15.9. The van der Waals surface area contributed by atoms with Crippen LogP contribution in [0.5, 0.6) is 0 Å². The van der Waals surface area contributed by atoms with Crippen LogP contribution >= 0.6 is 0 Å². The Hall–Kier alpha value is -2.80. The number of nitrogens with zero attached hydrogens (tertiary/aromatic N) is 1. The first-order valence-electron chi connectivity index (χ1n) is 7.60. The van der Waals surface area contributed by atoms with Crippen LogP contribution in [0.2, 0.25) is 0 Å². The number of hydrogen-bond donors (Lipinski definition) is 3. The molecule has 1 atom stereocenters. The minimum Gasteiger partial charge on any atom is -0.383 e. The molecule has 2 aromatic rings. The Morgan fingerprint density at radius 1 is 1.36 bits per heavy atom. The Bertz CT molecular complexity index is 761. The first-order chi connectivity index (χ1) is 11.8. The number of amides is 1. The van der Waals surface area contributed by atoms with Gasteiger partial charge in [-0.2, -0.15) is 0 Å². The quantitative estimate of drug-likeness (QED) is 0.673. The standard InChI is InChI=1S/C18H19F2N3O2/c1-3-8-21-17(24)12-4-7-16(22-10-12)23-11-18(2,25)14-6-5-13(19)9-15(14)20/h3-7,9-10,25H,1,8,11H2,2H3,(H,21,24)(H,22,23). The van der Waals surface area contributed by atoms with Crippen LogP contribution in [0, 0.1) is 11.6 Å². The number of anilines is 1. The van der Waals surface area contributed by atoms with Gasteiger partial charge in [-0.1, -0.05) is 12.1 Å². The lowest BCUT2D eigenvalue weighted by molar-refractivity contribution is 0.0673. The highest BCUT2D eigenvalue weighted by atomic mass is 19.1. The normalized spacial score (nSPS) is 13.0. The van der Waals surface area contributed by atoms with Gasteiger partial charge < -0.3 is 15.7 Å². The Labute approximate surface area is 144 Å². The van der Waals surface area contributed by atoms with Crippen molar-refractivity contribution in [2.75, 3.05) is 18.4 Å². The van der Waals surface area contributed by atoms with Gasteiger partial charge in [0.2, 0.25) is 0 Å². The molecule has 0 bridgehead atoms. The van der Waals surface area contributed by atoms with E-state index in [1.807, 2.05) is 0 Å². The minimum absolute atomic E-state index is 0.0261. The molecule has 5 nitrogen and oxygen atoms in total. The van der Waals surface area contributed by atoms with Crippen molar-refractivity contribution in [3.63, 3.8) is 0 Å². The molecule has 0 radical (unpaired) electrons. The van der Waals surface area contributed by atoms with E-state index in [1.165, 1.54) is 19.2 Å². The molecule has 0 fully saturated rings. The molecule has 0 aliphatic rings. The zero-order valence-corrected chi connectivity index (χ0v) is 13.7. The van der Waals surface area contributed by atoms with Gasteiger partial charge in [-0.15, -0.1) is 6.58 Å². The van der Waals surface area contributed by atoms with Crippen LogP contribution in [0.25, 0.3) is 0 Å². The van der Waals surface area contributed by atoms with E-state index in [0.29, 0.717) is 17.9 Å². The number of carbonyl (C=O) groups is 1. The summed E-state index contributed by atoms with van der Waals surface area (Å²) in [6, 6.07) is 6.15. The van der Waals surface area contributed by atoms with Gasteiger partial charge in [-0.05, 0) is 25.1 Å². The number of benzene rings is 1. The molecule has 25 heavy (non-hydrogen) atoms. The van der Waals surface area contributed by atoms with Gasteiger partial charge in [-0.25, -0.2) is 13.8 Å². The van der Waals surface area contributed by atoms with Gasteiger partial charge in [0, 0.05) is 30.9 Å². The first kappa shape index (κ1) is 18.5. The molecular formula is C18H19F2N3O2. The highest BCUT2D eigenvalue weighted by molar-refractivity contribution is 5.94. The largest absolute Gasteiger partial charge is 0.383 e. The second-order valence-corrected chi connectivity index (χ2v) is 5.68. The van der Waals surface area contributed by atoms with Gasteiger partial charge in [0.15, 0.2) is 0 Å². The van der Waals surface area contributed by atoms with Crippen molar-refractivity contribution in [3.05, 3.63) is 71.9 Å². The van der Waals surface area contributed by atoms with Gasteiger partial charge in [-0.3, -0.25) is 4.79 Å². The number of halogens is 2. The van der Waals surface area contributed by atoms with Crippen molar-refractivity contribution in [1.29, 1.82) is 0 Å². The maximum Gasteiger partial charge on any atom is 0.253 e. The maximum absolute atomic E-state index is 13.8. The summed E-state index contributed by atoms with van der Waals surface area (Å²) < 4.78 is 26.8. The second-order valence-electron chi connectivity index (χ2n) is 5.68. The van der Waals surface area contributed by atoms with Gasteiger partial charge in [0.05, 0.1) is 5.56 Å². The minimum atomic E-state index is -1.57. The molecule has 1 heterocycles. The Kier molecular flexibility index (Phi) is 5.82. The number of aromatic nitrogens is 1. The molecule has 0 saturated carbocycles. The van der Waals surface area contributed by atoms with E-state index in [-0.39, 0.29) is 18.0 Å². The molecule has 3 N–H and O–H groups in total. The SMILES string of the molecule is C=CCNC(=O)c1ccc(NCC(C)(O)c2ccc(F)cc2F)nc1. The van der Waals surface area contributed by atoms with Crippen molar-refractivity contribution in [2.45, 2.75) is 12.5 Å². The molecule has 0 saturated heterocycles.